The molecule has 276 valence electrons. The largest absolute Gasteiger partial charge is 0.472 e. The van der Waals surface area contributed by atoms with Crippen molar-refractivity contribution < 1.29 is 46.9 Å². The van der Waals surface area contributed by atoms with Crippen molar-refractivity contribution in [2.75, 3.05) is 47.6 Å². The van der Waals surface area contributed by atoms with Gasteiger partial charge in [-0.25, -0.2) is 14.2 Å². The fourth-order valence-corrected chi connectivity index (χ4v) is 6.85. The quantitative estimate of drug-likeness (QED) is 0.176. The zero-order valence-electron chi connectivity index (χ0n) is 28.5. The molecular weight excluding hydrogens is 673 g/mol. The predicted molar refractivity (Wildman–Crippen MR) is 171 cm³/mol. The minimum atomic E-state index is -4.60. The summed E-state index contributed by atoms with van der Waals surface area (Å²) in [7, 11) is -0.0467. The number of aromatic nitrogens is 4. The third-order valence-corrected chi connectivity index (χ3v) is 9.03. The molecule has 0 bridgehead atoms. The van der Waals surface area contributed by atoms with Crippen LogP contribution in [0.4, 0.5) is 0 Å². The summed E-state index contributed by atoms with van der Waals surface area (Å²) in [6.45, 7) is 7.60. The molecule has 0 spiro atoms. The van der Waals surface area contributed by atoms with Crippen molar-refractivity contribution in [3.63, 3.8) is 0 Å². The van der Waals surface area contributed by atoms with Gasteiger partial charge < -0.3 is 38.2 Å². The second-order valence-electron chi connectivity index (χ2n) is 12.2. The summed E-state index contributed by atoms with van der Waals surface area (Å²) < 4.78 is 61.7. The standard InChI is InChI=1S/C29H46N5O14P/c1-16(2)44-15-19-22(24(41-6)26(46-19)33-10-8-20(35)30-28(33)37)43-13-12-32(5)14-18-23(48-49(39,40)47-17(3)4)25(42-7)27(45-18)34-11-9-21(36)31-29(34)38/h8-11,16-19,22-27H,12-15H2,1-7H3,(H,39,40)(H,30,35,37)(H,31,36,38)/t18-,19-,22-,23-,24-,25-,26-,27-/m1/s1. The van der Waals surface area contributed by atoms with Crippen LogP contribution in [0.5, 0.6) is 0 Å². The predicted octanol–water partition coefficient (Wildman–Crippen LogP) is -0.436. The minimum absolute atomic E-state index is 0.111. The van der Waals surface area contributed by atoms with Crippen LogP contribution in [0, 0.1) is 0 Å². The highest BCUT2D eigenvalue weighted by atomic mass is 31.2. The maximum Gasteiger partial charge on any atom is 0.472 e. The Morgan fingerprint density at radius 3 is 1.88 bits per heavy atom. The van der Waals surface area contributed by atoms with E-state index in [2.05, 4.69) is 9.97 Å². The van der Waals surface area contributed by atoms with Crippen LogP contribution in [-0.4, -0.2) is 125 Å². The number of nitrogens with zero attached hydrogens (tertiary/aromatic N) is 3. The van der Waals surface area contributed by atoms with E-state index in [1.807, 2.05) is 18.7 Å². The minimum Gasteiger partial charge on any atom is -0.376 e. The van der Waals surface area contributed by atoms with E-state index in [9.17, 15) is 28.6 Å². The molecule has 0 aliphatic carbocycles. The van der Waals surface area contributed by atoms with Gasteiger partial charge in [0.1, 0.15) is 36.6 Å². The highest BCUT2D eigenvalue weighted by Crippen LogP contribution is 2.49. The maximum atomic E-state index is 12.9. The number of nitrogens with one attached hydrogen (secondary N) is 2. The molecule has 0 saturated carbocycles. The second kappa shape index (κ2) is 16.9. The Kier molecular flexibility index (Phi) is 13.5. The van der Waals surface area contributed by atoms with E-state index in [0.717, 1.165) is 10.6 Å². The lowest BCUT2D eigenvalue weighted by molar-refractivity contribution is -0.0895. The van der Waals surface area contributed by atoms with Gasteiger partial charge in [0.2, 0.25) is 0 Å². The zero-order valence-corrected chi connectivity index (χ0v) is 29.3. The van der Waals surface area contributed by atoms with Crippen LogP contribution in [0.25, 0.3) is 0 Å². The van der Waals surface area contributed by atoms with Gasteiger partial charge in [-0.05, 0) is 34.7 Å². The Labute approximate surface area is 281 Å². The van der Waals surface area contributed by atoms with Gasteiger partial charge in [-0.15, -0.1) is 0 Å². The Morgan fingerprint density at radius 2 is 1.39 bits per heavy atom. The number of hydrogen-bond donors (Lipinski definition) is 3. The van der Waals surface area contributed by atoms with E-state index in [0.29, 0.717) is 6.54 Å². The molecule has 49 heavy (non-hydrogen) atoms. The van der Waals surface area contributed by atoms with Crippen molar-refractivity contribution in [1.29, 1.82) is 0 Å². The highest BCUT2D eigenvalue weighted by molar-refractivity contribution is 7.47. The molecule has 2 aromatic heterocycles. The third-order valence-electron chi connectivity index (χ3n) is 7.83. The van der Waals surface area contributed by atoms with Crippen LogP contribution < -0.4 is 22.5 Å². The molecule has 2 aromatic rings. The monoisotopic (exact) mass is 719 g/mol. The van der Waals surface area contributed by atoms with Crippen molar-refractivity contribution in [1.82, 2.24) is 24.0 Å². The van der Waals surface area contributed by atoms with Crippen molar-refractivity contribution in [2.45, 2.75) is 89.0 Å². The van der Waals surface area contributed by atoms with Gasteiger partial charge in [-0.2, -0.15) is 0 Å². The van der Waals surface area contributed by atoms with E-state index in [-0.39, 0.29) is 25.9 Å². The number of ether oxygens (including phenoxy) is 6. The van der Waals surface area contributed by atoms with Gasteiger partial charge >= 0.3 is 19.2 Å². The van der Waals surface area contributed by atoms with Crippen LogP contribution in [0.2, 0.25) is 0 Å². The summed E-state index contributed by atoms with van der Waals surface area (Å²) in [6.07, 6.45) is -5.42. The van der Waals surface area contributed by atoms with Gasteiger partial charge in [-0.1, -0.05) is 0 Å². The fourth-order valence-electron chi connectivity index (χ4n) is 5.71. The fraction of sp³-hybridized carbons (Fsp3) is 0.724. The number of methoxy groups -OCH3 is 2. The number of rotatable bonds is 17. The lowest BCUT2D eigenvalue weighted by atomic mass is 10.1. The summed E-state index contributed by atoms with van der Waals surface area (Å²) in [5.41, 5.74) is -2.59. The van der Waals surface area contributed by atoms with Crippen molar-refractivity contribution >= 4 is 7.82 Å². The van der Waals surface area contributed by atoms with Crippen LogP contribution in [0.15, 0.2) is 43.7 Å². The summed E-state index contributed by atoms with van der Waals surface area (Å²) in [6, 6.07) is 2.35. The number of likely N-dealkylation sites (N-methyl/N-ethyl adjacent to an activating group) is 1. The molecule has 4 rings (SSSR count). The molecule has 20 heteroatoms. The number of phosphoric acid groups is 1. The summed E-state index contributed by atoms with van der Waals surface area (Å²) in [4.78, 5) is 65.2. The van der Waals surface area contributed by atoms with Crippen LogP contribution in [-0.2, 0) is 42.0 Å². The van der Waals surface area contributed by atoms with Gasteiger partial charge in [0, 0.05) is 51.8 Å². The third kappa shape index (κ3) is 9.92. The first-order valence-electron chi connectivity index (χ1n) is 15.7. The van der Waals surface area contributed by atoms with Crippen LogP contribution in [0.3, 0.4) is 0 Å². The first-order chi connectivity index (χ1) is 23.1. The molecule has 0 aromatic carbocycles. The number of phosphoric ester groups is 1. The molecule has 2 aliphatic heterocycles. The molecule has 2 saturated heterocycles. The Morgan fingerprint density at radius 1 is 0.857 bits per heavy atom. The number of H-pyrrole nitrogens is 2. The summed E-state index contributed by atoms with van der Waals surface area (Å²) in [5, 5.41) is 0. The first-order valence-corrected chi connectivity index (χ1v) is 17.2. The average molecular weight is 720 g/mol. The molecule has 1 unspecified atom stereocenters. The Bertz CT molecular complexity index is 1660. The molecule has 9 atom stereocenters. The first kappa shape index (κ1) is 39.0. The molecular formula is C29H46N5O14P. The zero-order chi connectivity index (χ0) is 36.0. The molecule has 2 fully saturated rings. The maximum absolute atomic E-state index is 12.9. The molecule has 3 N–H and O–H groups in total. The number of aromatic amines is 2. The average Bonchev–Trinajstić information content (AvgIpc) is 3.51. The van der Waals surface area contributed by atoms with E-state index >= 15 is 0 Å². The van der Waals surface area contributed by atoms with E-state index in [1.165, 1.54) is 37.2 Å². The molecule has 0 radical (unpaired) electrons. The van der Waals surface area contributed by atoms with Crippen LogP contribution in [0.1, 0.15) is 40.2 Å². The summed E-state index contributed by atoms with van der Waals surface area (Å²) in [5.74, 6) is 0. The summed E-state index contributed by atoms with van der Waals surface area (Å²) >= 11 is 0. The van der Waals surface area contributed by atoms with Gasteiger partial charge in [0.25, 0.3) is 11.1 Å². The van der Waals surface area contributed by atoms with Crippen molar-refractivity contribution in [3.05, 3.63) is 66.2 Å². The topological polar surface area (TPSA) is 224 Å². The van der Waals surface area contributed by atoms with Gasteiger partial charge in [-0.3, -0.25) is 37.7 Å². The Hall–Kier alpha value is -2.81. The van der Waals surface area contributed by atoms with E-state index in [1.54, 1.807) is 20.9 Å². The lowest BCUT2D eigenvalue weighted by Crippen LogP contribution is -2.43. The van der Waals surface area contributed by atoms with Crippen LogP contribution >= 0.6 is 7.82 Å². The highest BCUT2D eigenvalue weighted by Gasteiger charge is 2.51. The molecule has 19 nitrogen and oxygen atoms in total. The van der Waals surface area contributed by atoms with Gasteiger partial charge in [0.05, 0.1) is 25.4 Å². The van der Waals surface area contributed by atoms with E-state index < -0.39 is 85.5 Å². The molecule has 4 heterocycles. The lowest BCUT2D eigenvalue weighted by Gasteiger charge is -2.28. The normalized spacial score (nSPS) is 28.6. The molecule has 2 aliphatic rings. The van der Waals surface area contributed by atoms with E-state index in [4.69, 9.17) is 37.5 Å². The second-order valence-corrected chi connectivity index (χ2v) is 13.6. The Balaban J connectivity index is 1.49. The SMILES string of the molecule is CO[C@@H]1[C@H](OCCN(C)C[C@H]2O[C@@H](n3ccc(=O)[nH]c3=O)[C@H](OC)[C@@H]2OP(=O)(O)OC(C)C)[C@@H](COC(C)C)O[C@H]1n1ccc(=O)[nH]c1=O. The van der Waals surface area contributed by atoms with Crippen molar-refractivity contribution in [3.8, 4) is 0 Å². The smallest absolute Gasteiger partial charge is 0.376 e. The van der Waals surface area contributed by atoms with Crippen molar-refractivity contribution in [2.24, 2.45) is 0 Å². The van der Waals surface area contributed by atoms with Gasteiger partial charge in [0.15, 0.2) is 12.5 Å². The molecule has 0 amide bonds. The number of hydrogen-bond acceptors (Lipinski definition) is 14.